The highest BCUT2D eigenvalue weighted by molar-refractivity contribution is 7.89. The predicted molar refractivity (Wildman–Crippen MR) is 108 cm³/mol. The number of amides is 1. The molecule has 29 heavy (non-hydrogen) atoms. The second-order valence-corrected chi connectivity index (χ2v) is 9.95. The van der Waals surface area contributed by atoms with Crippen LogP contribution in [-0.4, -0.2) is 51.4 Å². The number of hydrogen-bond donors (Lipinski definition) is 0. The summed E-state index contributed by atoms with van der Waals surface area (Å²) < 4.78 is 30.2. The Morgan fingerprint density at radius 1 is 1.10 bits per heavy atom. The van der Waals surface area contributed by atoms with Gasteiger partial charge in [-0.1, -0.05) is 26.0 Å². The molecular weight excluding hydrogens is 390 g/mol. The van der Waals surface area contributed by atoms with Crippen LogP contribution in [0.15, 0.2) is 29.2 Å². The molecule has 0 N–H and O–H groups in total. The van der Waals surface area contributed by atoms with Crippen LogP contribution in [0.3, 0.4) is 0 Å². The van der Waals surface area contributed by atoms with Gasteiger partial charge in [0.15, 0.2) is 11.6 Å². The highest BCUT2D eigenvalue weighted by Gasteiger charge is 2.40. The van der Waals surface area contributed by atoms with Crippen LogP contribution in [0.2, 0.25) is 0 Å². The predicted octanol–water partition coefficient (Wildman–Crippen LogP) is 2.29. The fourth-order valence-electron chi connectivity index (χ4n) is 4.14. The molecule has 1 atom stereocenters. The molecular formula is C20H27N5O3S. The Hall–Kier alpha value is -2.26. The van der Waals surface area contributed by atoms with Gasteiger partial charge in [-0.25, -0.2) is 8.42 Å². The monoisotopic (exact) mass is 417 g/mol. The number of fused-ring (bicyclic) bond motifs is 1. The second-order valence-electron chi connectivity index (χ2n) is 8.06. The van der Waals surface area contributed by atoms with Crippen molar-refractivity contribution in [2.75, 3.05) is 13.1 Å². The van der Waals surface area contributed by atoms with E-state index in [1.165, 1.54) is 0 Å². The van der Waals surface area contributed by atoms with Crippen molar-refractivity contribution < 1.29 is 13.2 Å². The molecule has 8 nitrogen and oxygen atoms in total. The Labute approximate surface area is 171 Å². The molecule has 0 spiro atoms. The van der Waals surface area contributed by atoms with Crippen LogP contribution in [0.4, 0.5) is 0 Å². The molecule has 4 rings (SSSR count). The van der Waals surface area contributed by atoms with Gasteiger partial charge in [-0.15, -0.1) is 10.2 Å². The number of carbonyl (C=O) groups is 1. The zero-order valence-electron chi connectivity index (χ0n) is 17.1. The first-order chi connectivity index (χ1) is 13.8. The highest BCUT2D eigenvalue weighted by atomic mass is 32.2. The van der Waals surface area contributed by atoms with E-state index < -0.39 is 10.0 Å². The van der Waals surface area contributed by atoms with Gasteiger partial charge in [0.2, 0.25) is 15.9 Å². The normalized spacial score (nSPS) is 20.3. The first kappa shape index (κ1) is 20.0. The second kappa shape index (κ2) is 7.53. The Morgan fingerprint density at radius 3 is 2.48 bits per heavy atom. The van der Waals surface area contributed by atoms with Crippen molar-refractivity contribution in [1.29, 1.82) is 0 Å². The number of benzene rings is 1. The summed E-state index contributed by atoms with van der Waals surface area (Å²) in [5.41, 5.74) is 1.11. The van der Waals surface area contributed by atoms with E-state index in [9.17, 15) is 13.2 Å². The molecule has 1 saturated heterocycles. The summed E-state index contributed by atoms with van der Waals surface area (Å²) in [6.45, 7) is 7.78. The topological polar surface area (TPSA) is 88.4 Å². The third-order valence-electron chi connectivity index (χ3n) is 5.88. The van der Waals surface area contributed by atoms with Crippen molar-refractivity contribution >= 4 is 15.9 Å². The molecule has 1 aromatic heterocycles. The summed E-state index contributed by atoms with van der Waals surface area (Å²) in [7, 11) is -3.62. The van der Waals surface area contributed by atoms with Gasteiger partial charge < -0.3 is 9.47 Å². The molecule has 1 aromatic carbocycles. The van der Waals surface area contributed by atoms with Crippen LogP contribution in [0.25, 0.3) is 0 Å². The first-order valence-corrected chi connectivity index (χ1v) is 11.5. The maximum Gasteiger partial charge on any atom is 0.243 e. The number of carbonyl (C=O) groups excluding carboxylic acids is 1. The lowest BCUT2D eigenvalue weighted by molar-refractivity contribution is -0.130. The average Bonchev–Trinajstić information content (AvgIpc) is 3.34. The fraction of sp³-hybridized carbons (Fsp3) is 0.550. The molecule has 2 aliphatic heterocycles. The molecule has 1 amide bonds. The lowest BCUT2D eigenvalue weighted by Crippen LogP contribution is -2.38. The van der Waals surface area contributed by atoms with Crippen LogP contribution >= 0.6 is 0 Å². The van der Waals surface area contributed by atoms with E-state index in [1.807, 2.05) is 16.7 Å². The zero-order chi connectivity index (χ0) is 20.8. The SMILES string of the molecule is CC(=O)N1CCn2c(nnc2C2CCCN2S(=O)(=O)c2ccc(C(C)C)cc2)C1. The van der Waals surface area contributed by atoms with E-state index in [0.717, 1.165) is 18.4 Å². The Balaban J connectivity index is 1.62. The number of aromatic nitrogens is 3. The number of nitrogens with zero attached hydrogens (tertiary/aromatic N) is 5. The van der Waals surface area contributed by atoms with Gasteiger partial charge in [-0.3, -0.25) is 4.79 Å². The standard InChI is InChI=1S/C20H27N5O3S/c1-14(2)16-6-8-17(9-7-16)29(27,28)25-10-4-5-18(25)20-22-21-19-13-23(15(3)26)11-12-24(19)20/h6-9,14,18H,4-5,10-13H2,1-3H3. The minimum Gasteiger partial charge on any atom is -0.334 e. The summed E-state index contributed by atoms with van der Waals surface area (Å²) in [6, 6.07) is 6.85. The molecule has 156 valence electrons. The third-order valence-corrected chi connectivity index (χ3v) is 7.80. The van der Waals surface area contributed by atoms with Crippen LogP contribution < -0.4 is 0 Å². The maximum absolute atomic E-state index is 13.3. The number of sulfonamides is 1. The van der Waals surface area contributed by atoms with Crippen LogP contribution in [-0.2, 0) is 27.9 Å². The van der Waals surface area contributed by atoms with Gasteiger partial charge in [-0.05, 0) is 36.5 Å². The van der Waals surface area contributed by atoms with Crippen molar-refractivity contribution in [1.82, 2.24) is 24.0 Å². The Kier molecular flexibility index (Phi) is 5.20. The Bertz CT molecular complexity index is 1010. The molecule has 1 fully saturated rings. The van der Waals surface area contributed by atoms with Crippen molar-refractivity contribution in [3.8, 4) is 0 Å². The maximum atomic E-state index is 13.3. The molecule has 2 aromatic rings. The smallest absolute Gasteiger partial charge is 0.243 e. The minimum absolute atomic E-state index is 0.00992. The Morgan fingerprint density at radius 2 is 1.83 bits per heavy atom. The quantitative estimate of drug-likeness (QED) is 0.762. The molecule has 0 radical (unpaired) electrons. The summed E-state index contributed by atoms with van der Waals surface area (Å²) in [5, 5.41) is 8.59. The summed E-state index contributed by atoms with van der Waals surface area (Å²) in [5.74, 6) is 1.76. The summed E-state index contributed by atoms with van der Waals surface area (Å²) in [6.07, 6.45) is 1.51. The van der Waals surface area contributed by atoms with Crippen molar-refractivity contribution in [2.24, 2.45) is 0 Å². The lowest BCUT2D eigenvalue weighted by Gasteiger charge is -2.29. The fourth-order valence-corrected chi connectivity index (χ4v) is 5.80. The molecule has 0 saturated carbocycles. The van der Waals surface area contributed by atoms with Gasteiger partial charge in [0.05, 0.1) is 17.5 Å². The van der Waals surface area contributed by atoms with Gasteiger partial charge in [0.25, 0.3) is 0 Å². The van der Waals surface area contributed by atoms with E-state index in [2.05, 4.69) is 24.0 Å². The number of rotatable bonds is 4. The average molecular weight is 418 g/mol. The van der Waals surface area contributed by atoms with Crippen molar-refractivity contribution in [2.45, 2.75) is 63.6 Å². The number of hydrogen-bond acceptors (Lipinski definition) is 5. The minimum atomic E-state index is -3.62. The van der Waals surface area contributed by atoms with Gasteiger partial charge in [-0.2, -0.15) is 4.31 Å². The summed E-state index contributed by atoms with van der Waals surface area (Å²) >= 11 is 0. The molecule has 9 heteroatoms. The van der Waals surface area contributed by atoms with E-state index in [0.29, 0.717) is 48.6 Å². The molecule has 0 aliphatic carbocycles. The first-order valence-electron chi connectivity index (χ1n) is 10.1. The van der Waals surface area contributed by atoms with E-state index in [4.69, 9.17) is 0 Å². The summed E-state index contributed by atoms with van der Waals surface area (Å²) in [4.78, 5) is 13.7. The molecule has 2 aliphatic rings. The van der Waals surface area contributed by atoms with E-state index in [-0.39, 0.29) is 11.9 Å². The van der Waals surface area contributed by atoms with Gasteiger partial charge in [0, 0.05) is 26.6 Å². The van der Waals surface area contributed by atoms with Crippen LogP contribution in [0.1, 0.15) is 62.8 Å². The third kappa shape index (κ3) is 3.57. The van der Waals surface area contributed by atoms with E-state index in [1.54, 1.807) is 28.3 Å². The van der Waals surface area contributed by atoms with Crippen LogP contribution in [0.5, 0.6) is 0 Å². The van der Waals surface area contributed by atoms with Crippen molar-refractivity contribution in [3.05, 3.63) is 41.5 Å². The van der Waals surface area contributed by atoms with E-state index >= 15 is 0 Å². The van der Waals surface area contributed by atoms with Crippen molar-refractivity contribution in [3.63, 3.8) is 0 Å². The molecule has 3 heterocycles. The molecule has 0 bridgehead atoms. The largest absolute Gasteiger partial charge is 0.334 e. The lowest BCUT2D eigenvalue weighted by atomic mass is 10.0. The van der Waals surface area contributed by atoms with Gasteiger partial charge >= 0.3 is 0 Å². The zero-order valence-corrected chi connectivity index (χ0v) is 17.9. The van der Waals surface area contributed by atoms with Crippen LogP contribution in [0, 0.1) is 0 Å². The van der Waals surface area contributed by atoms with Gasteiger partial charge in [0.1, 0.15) is 0 Å². The molecule has 1 unspecified atom stereocenters. The highest BCUT2D eigenvalue weighted by Crippen LogP contribution is 2.36.